The van der Waals surface area contributed by atoms with Crippen LogP contribution in [0.15, 0.2) is 29.0 Å². The summed E-state index contributed by atoms with van der Waals surface area (Å²) in [5, 5.41) is 3.92. The molecule has 0 spiro atoms. The fraction of sp³-hybridized carbons (Fsp3) is 0.450. The number of halogens is 1. The van der Waals surface area contributed by atoms with Crippen molar-refractivity contribution in [2.24, 2.45) is 0 Å². The van der Waals surface area contributed by atoms with Gasteiger partial charge in [0.1, 0.15) is 11.6 Å². The number of carbonyl (C=O) groups excluding carboxylic acids is 1. The highest BCUT2D eigenvalue weighted by Crippen LogP contribution is 2.16. The number of hydrogen-bond acceptors (Lipinski definition) is 5. The molecule has 0 N–H and O–H groups in total. The Morgan fingerprint density at radius 1 is 1.18 bits per heavy atom. The Morgan fingerprint density at radius 3 is 2.68 bits per heavy atom. The number of fused-ring (bicyclic) bond motifs is 1. The van der Waals surface area contributed by atoms with E-state index in [9.17, 15) is 9.18 Å². The van der Waals surface area contributed by atoms with Gasteiger partial charge in [-0.2, -0.15) is 0 Å². The van der Waals surface area contributed by atoms with E-state index in [1.807, 2.05) is 23.3 Å². The maximum absolute atomic E-state index is 13.3. The lowest BCUT2D eigenvalue weighted by Crippen LogP contribution is -2.49. The number of amides is 1. The number of imidazole rings is 1. The van der Waals surface area contributed by atoms with Crippen molar-refractivity contribution in [3.63, 3.8) is 0 Å². The molecule has 7 nitrogen and oxygen atoms in total. The summed E-state index contributed by atoms with van der Waals surface area (Å²) in [4.78, 5) is 21.1. The van der Waals surface area contributed by atoms with Crippen molar-refractivity contribution < 1.29 is 13.7 Å². The van der Waals surface area contributed by atoms with Crippen LogP contribution in [0, 0.1) is 19.7 Å². The van der Waals surface area contributed by atoms with Gasteiger partial charge in [0.15, 0.2) is 0 Å². The number of benzene rings is 1. The Kier molecular flexibility index (Phi) is 5.13. The van der Waals surface area contributed by atoms with E-state index in [0.29, 0.717) is 11.9 Å². The van der Waals surface area contributed by atoms with Crippen LogP contribution in [0.25, 0.3) is 11.0 Å². The van der Waals surface area contributed by atoms with Crippen molar-refractivity contribution in [1.29, 1.82) is 0 Å². The van der Waals surface area contributed by atoms with Gasteiger partial charge in [-0.05, 0) is 26.0 Å². The van der Waals surface area contributed by atoms with Crippen molar-refractivity contribution in [2.75, 3.05) is 32.7 Å². The van der Waals surface area contributed by atoms with E-state index in [-0.39, 0.29) is 11.7 Å². The molecule has 148 valence electrons. The average Bonchev–Trinajstić information content (AvgIpc) is 3.24. The minimum absolute atomic E-state index is 0.122. The molecule has 1 saturated heterocycles. The Morgan fingerprint density at radius 2 is 1.96 bits per heavy atom. The van der Waals surface area contributed by atoms with Crippen molar-refractivity contribution in [1.82, 2.24) is 24.5 Å². The SMILES string of the molecule is Cc1noc(C)c1CC(=O)N1CCN(CCn2cnc3cc(F)ccc32)CC1. The first kappa shape index (κ1) is 18.6. The second-order valence-corrected chi connectivity index (χ2v) is 7.27. The molecule has 3 aromatic rings. The van der Waals surface area contributed by atoms with Gasteiger partial charge in [-0.3, -0.25) is 9.69 Å². The number of nitrogens with zero attached hydrogens (tertiary/aromatic N) is 5. The van der Waals surface area contributed by atoms with Crippen LogP contribution in [-0.2, 0) is 17.8 Å². The summed E-state index contributed by atoms with van der Waals surface area (Å²) in [5.41, 5.74) is 3.30. The molecule has 3 heterocycles. The van der Waals surface area contributed by atoms with Crippen LogP contribution in [0.3, 0.4) is 0 Å². The summed E-state index contributed by atoms with van der Waals surface area (Å²) in [6.45, 7) is 8.49. The molecule has 8 heteroatoms. The van der Waals surface area contributed by atoms with Gasteiger partial charge < -0.3 is 14.0 Å². The first-order chi connectivity index (χ1) is 13.5. The molecule has 2 aromatic heterocycles. The van der Waals surface area contributed by atoms with E-state index in [4.69, 9.17) is 4.52 Å². The summed E-state index contributed by atoms with van der Waals surface area (Å²) in [6.07, 6.45) is 2.10. The molecule has 1 aliphatic heterocycles. The molecule has 0 aliphatic carbocycles. The van der Waals surface area contributed by atoms with Gasteiger partial charge in [0.25, 0.3) is 0 Å². The molecule has 0 unspecified atom stereocenters. The number of aryl methyl sites for hydroxylation is 2. The van der Waals surface area contributed by atoms with Gasteiger partial charge in [0, 0.05) is 50.9 Å². The van der Waals surface area contributed by atoms with Crippen LogP contribution in [-0.4, -0.2) is 63.1 Å². The van der Waals surface area contributed by atoms with E-state index < -0.39 is 0 Å². The second-order valence-electron chi connectivity index (χ2n) is 7.27. The van der Waals surface area contributed by atoms with Gasteiger partial charge in [-0.1, -0.05) is 5.16 Å². The highest BCUT2D eigenvalue weighted by atomic mass is 19.1. The number of piperazine rings is 1. The lowest BCUT2D eigenvalue weighted by Gasteiger charge is -2.34. The Labute approximate surface area is 162 Å². The normalized spacial score (nSPS) is 15.5. The van der Waals surface area contributed by atoms with Gasteiger partial charge in [-0.15, -0.1) is 0 Å². The third-order valence-corrected chi connectivity index (χ3v) is 5.47. The Bertz CT molecular complexity index is 968. The topological polar surface area (TPSA) is 67.4 Å². The van der Waals surface area contributed by atoms with E-state index in [2.05, 4.69) is 15.0 Å². The molecule has 0 radical (unpaired) electrons. The number of hydrogen-bond donors (Lipinski definition) is 0. The predicted molar refractivity (Wildman–Crippen MR) is 102 cm³/mol. The van der Waals surface area contributed by atoms with Gasteiger partial charge in [0.05, 0.1) is 29.5 Å². The average molecular weight is 385 g/mol. The van der Waals surface area contributed by atoms with Crippen LogP contribution in [0.5, 0.6) is 0 Å². The largest absolute Gasteiger partial charge is 0.361 e. The monoisotopic (exact) mass is 385 g/mol. The first-order valence-electron chi connectivity index (χ1n) is 9.53. The highest BCUT2D eigenvalue weighted by molar-refractivity contribution is 5.79. The summed E-state index contributed by atoms with van der Waals surface area (Å²) in [5.74, 6) is 0.573. The van der Waals surface area contributed by atoms with E-state index in [1.165, 1.54) is 12.1 Å². The predicted octanol–water partition coefficient (Wildman–Crippen LogP) is 2.17. The first-order valence-corrected chi connectivity index (χ1v) is 9.53. The van der Waals surface area contributed by atoms with Crippen molar-refractivity contribution in [3.8, 4) is 0 Å². The van der Waals surface area contributed by atoms with Crippen LogP contribution in [0.1, 0.15) is 17.0 Å². The number of carbonyl (C=O) groups is 1. The summed E-state index contributed by atoms with van der Waals surface area (Å²) >= 11 is 0. The van der Waals surface area contributed by atoms with E-state index >= 15 is 0 Å². The second kappa shape index (κ2) is 7.71. The molecule has 0 saturated carbocycles. The minimum Gasteiger partial charge on any atom is -0.361 e. The summed E-state index contributed by atoms with van der Waals surface area (Å²) in [7, 11) is 0. The van der Waals surface area contributed by atoms with Crippen LogP contribution < -0.4 is 0 Å². The Balaban J connectivity index is 1.28. The zero-order valence-corrected chi connectivity index (χ0v) is 16.2. The van der Waals surface area contributed by atoms with E-state index in [0.717, 1.165) is 61.8 Å². The maximum atomic E-state index is 13.3. The molecule has 1 fully saturated rings. The fourth-order valence-corrected chi connectivity index (χ4v) is 3.70. The van der Waals surface area contributed by atoms with Gasteiger partial charge in [-0.25, -0.2) is 9.37 Å². The summed E-state index contributed by atoms with van der Waals surface area (Å²) < 4.78 is 20.5. The number of rotatable bonds is 5. The molecule has 4 rings (SSSR count). The van der Waals surface area contributed by atoms with Crippen molar-refractivity contribution >= 4 is 16.9 Å². The summed E-state index contributed by atoms with van der Waals surface area (Å²) in [6, 6.07) is 4.68. The Hall–Kier alpha value is -2.74. The molecular weight excluding hydrogens is 361 g/mol. The van der Waals surface area contributed by atoms with Gasteiger partial charge >= 0.3 is 0 Å². The highest BCUT2D eigenvalue weighted by Gasteiger charge is 2.23. The number of aromatic nitrogens is 3. The molecular formula is C20H24FN5O2. The van der Waals surface area contributed by atoms with Gasteiger partial charge in [0.2, 0.25) is 5.91 Å². The molecule has 1 aliphatic rings. The van der Waals surface area contributed by atoms with Crippen LogP contribution >= 0.6 is 0 Å². The lowest BCUT2D eigenvalue weighted by atomic mass is 10.1. The quantitative estimate of drug-likeness (QED) is 0.673. The molecule has 0 bridgehead atoms. The van der Waals surface area contributed by atoms with Crippen molar-refractivity contribution in [3.05, 3.63) is 47.4 Å². The standard InChI is InChI=1S/C20H24FN5O2/c1-14-17(15(2)28-23-14)12-20(27)25-8-5-24(6-9-25)7-10-26-13-22-18-11-16(21)3-4-19(18)26/h3-4,11,13H,5-10,12H2,1-2H3. The minimum atomic E-state index is -0.268. The third-order valence-electron chi connectivity index (χ3n) is 5.47. The maximum Gasteiger partial charge on any atom is 0.227 e. The lowest BCUT2D eigenvalue weighted by molar-refractivity contribution is -0.132. The van der Waals surface area contributed by atoms with E-state index in [1.54, 1.807) is 12.4 Å². The smallest absolute Gasteiger partial charge is 0.227 e. The zero-order valence-electron chi connectivity index (χ0n) is 16.2. The molecule has 28 heavy (non-hydrogen) atoms. The fourth-order valence-electron chi connectivity index (χ4n) is 3.70. The van der Waals surface area contributed by atoms with Crippen LogP contribution in [0.4, 0.5) is 4.39 Å². The molecule has 0 atom stereocenters. The zero-order chi connectivity index (χ0) is 19.7. The molecule has 1 aromatic carbocycles. The molecule has 1 amide bonds. The third kappa shape index (κ3) is 3.77. The van der Waals surface area contributed by atoms with Crippen LogP contribution in [0.2, 0.25) is 0 Å². The van der Waals surface area contributed by atoms with Crippen molar-refractivity contribution in [2.45, 2.75) is 26.8 Å².